The minimum absolute atomic E-state index is 0.236. The van der Waals surface area contributed by atoms with E-state index in [1.807, 2.05) is 24.3 Å². The molecule has 1 fully saturated rings. The fraction of sp³-hybridized carbons (Fsp3) is 0.471. The molecule has 8 heteroatoms. The summed E-state index contributed by atoms with van der Waals surface area (Å²) in [6, 6.07) is 7.46. The maximum atomic E-state index is 12.1. The van der Waals surface area contributed by atoms with Crippen molar-refractivity contribution in [3.63, 3.8) is 0 Å². The lowest BCUT2D eigenvalue weighted by molar-refractivity contribution is 0.0702. The Labute approximate surface area is 151 Å². The number of amides is 1. The molecule has 1 aliphatic rings. The summed E-state index contributed by atoms with van der Waals surface area (Å²) in [7, 11) is 0. The highest BCUT2D eigenvalue weighted by atomic mass is 35.5. The molecular formula is C17H22ClN5O2. The molecule has 2 N–H and O–H groups in total. The molecule has 134 valence electrons. The molecule has 3 rings (SSSR count). The van der Waals surface area contributed by atoms with Crippen LogP contribution < -0.4 is 5.32 Å². The van der Waals surface area contributed by atoms with Crippen molar-refractivity contribution in [2.75, 3.05) is 26.2 Å². The Morgan fingerprint density at radius 2 is 2.16 bits per heavy atom. The molecule has 2 heterocycles. The molecule has 0 aliphatic carbocycles. The van der Waals surface area contributed by atoms with Crippen LogP contribution in [0.5, 0.6) is 0 Å². The normalized spacial score (nSPS) is 18.2. The molecule has 25 heavy (non-hydrogen) atoms. The van der Waals surface area contributed by atoms with E-state index in [2.05, 4.69) is 20.5 Å². The highest BCUT2D eigenvalue weighted by molar-refractivity contribution is 6.30. The van der Waals surface area contributed by atoms with Gasteiger partial charge in [-0.3, -0.25) is 9.69 Å². The van der Waals surface area contributed by atoms with E-state index in [0.717, 1.165) is 31.5 Å². The predicted octanol–water partition coefficient (Wildman–Crippen LogP) is 1.17. The summed E-state index contributed by atoms with van der Waals surface area (Å²) in [4.78, 5) is 14.3. The number of hydrogen-bond acceptors (Lipinski definition) is 5. The van der Waals surface area contributed by atoms with Crippen molar-refractivity contribution in [1.29, 1.82) is 0 Å². The van der Waals surface area contributed by atoms with Gasteiger partial charge < -0.3 is 10.4 Å². The number of nitrogens with zero attached hydrogens (tertiary/aromatic N) is 4. The van der Waals surface area contributed by atoms with Crippen molar-refractivity contribution in [3.05, 3.63) is 46.7 Å². The Morgan fingerprint density at radius 1 is 1.36 bits per heavy atom. The monoisotopic (exact) mass is 363 g/mol. The van der Waals surface area contributed by atoms with Crippen LogP contribution in [0.4, 0.5) is 0 Å². The predicted molar refractivity (Wildman–Crippen MR) is 94.6 cm³/mol. The van der Waals surface area contributed by atoms with Crippen molar-refractivity contribution < 1.29 is 9.90 Å². The largest absolute Gasteiger partial charge is 0.392 e. The van der Waals surface area contributed by atoms with Gasteiger partial charge in [0, 0.05) is 24.7 Å². The van der Waals surface area contributed by atoms with Crippen LogP contribution in [-0.4, -0.2) is 63.2 Å². The summed E-state index contributed by atoms with van der Waals surface area (Å²) in [5, 5.41) is 21.1. The van der Waals surface area contributed by atoms with Crippen molar-refractivity contribution in [1.82, 2.24) is 25.2 Å². The second kappa shape index (κ2) is 8.42. The standard InChI is InChI=1S/C17H22ClN5O2/c18-14-5-3-13(4-6-14)10-23-12-16(20-21-23)17(25)19-7-9-22-8-1-2-15(24)11-22/h3-6,12,15,24H,1-2,7-11H2,(H,19,25). The van der Waals surface area contributed by atoms with E-state index < -0.39 is 0 Å². The molecule has 0 bridgehead atoms. The van der Waals surface area contributed by atoms with Crippen LogP contribution in [-0.2, 0) is 6.54 Å². The number of benzene rings is 1. The Morgan fingerprint density at radius 3 is 2.92 bits per heavy atom. The van der Waals surface area contributed by atoms with Crippen LogP contribution >= 0.6 is 11.6 Å². The number of rotatable bonds is 6. The molecule has 1 aromatic carbocycles. The third-order valence-electron chi connectivity index (χ3n) is 4.22. The zero-order valence-electron chi connectivity index (χ0n) is 13.9. The molecule has 1 saturated heterocycles. The van der Waals surface area contributed by atoms with Gasteiger partial charge in [0.05, 0.1) is 18.8 Å². The molecule has 1 amide bonds. The fourth-order valence-corrected chi connectivity index (χ4v) is 3.03. The molecular weight excluding hydrogens is 342 g/mol. The van der Waals surface area contributed by atoms with Crippen LogP contribution in [0, 0.1) is 0 Å². The van der Waals surface area contributed by atoms with Crippen LogP contribution in [0.1, 0.15) is 28.9 Å². The Bertz CT molecular complexity index is 703. The van der Waals surface area contributed by atoms with E-state index in [9.17, 15) is 9.90 Å². The lowest BCUT2D eigenvalue weighted by atomic mass is 10.1. The number of halogens is 1. The number of carbonyl (C=O) groups excluding carboxylic acids is 1. The maximum Gasteiger partial charge on any atom is 0.273 e. The number of aliphatic hydroxyl groups excluding tert-OH is 1. The van der Waals surface area contributed by atoms with Crippen molar-refractivity contribution in [2.45, 2.75) is 25.5 Å². The van der Waals surface area contributed by atoms with Gasteiger partial charge >= 0.3 is 0 Å². The molecule has 1 aliphatic heterocycles. The summed E-state index contributed by atoms with van der Waals surface area (Å²) in [6.07, 6.45) is 3.24. The van der Waals surface area contributed by atoms with Gasteiger partial charge in [-0.15, -0.1) is 5.10 Å². The number of hydrogen-bond donors (Lipinski definition) is 2. The van der Waals surface area contributed by atoms with Crippen molar-refractivity contribution >= 4 is 17.5 Å². The maximum absolute atomic E-state index is 12.1. The summed E-state index contributed by atoms with van der Waals surface area (Å²) < 4.78 is 1.62. The first-order chi connectivity index (χ1) is 12.1. The number of piperidine rings is 1. The van der Waals surface area contributed by atoms with E-state index >= 15 is 0 Å². The number of aliphatic hydroxyl groups is 1. The molecule has 7 nitrogen and oxygen atoms in total. The average Bonchev–Trinajstić information content (AvgIpc) is 3.06. The van der Waals surface area contributed by atoms with Crippen molar-refractivity contribution in [2.24, 2.45) is 0 Å². The van der Waals surface area contributed by atoms with Crippen LogP contribution in [0.3, 0.4) is 0 Å². The Balaban J connectivity index is 1.46. The van der Waals surface area contributed by atoms with E-state index in [1.54, 1.807) is 10.9 Å². The second-order valence-electron chi connectivity index (χ2n) is 6.28. The Hall–Kier alpha value is -1.96. The van der Waals surface area contributed by atoms with Gasteiger partial charge in [-0.05, 0) is 37.1 Å². The van der Waals surface area contributed by atoms with Crippen LogP contribution in [0.2, 0.25) is 5.02 Å². The summed E-state index contributed by atoms with van der Waals surface area (Å²) in [5.41, 5.74) is 1.33. The molecule has 0 saturated carbocycles. The lowest BCUT2D eigenvalue weighted by Crippen LogP contribution is -2.42. The highest BCUT2D eigenvalue weighted by Crippen LogP contribution is 2.11. The number of likely N-dealkylation sites (tertiary alicyclic amines) is 1. The number of β-amino-alcohol motifs (C(OH)–C–C–N with tert-alkyl or cyclic N) is 1. The number of aromatic nitrogens is 3. The first kappa shape index (κ1) is 17.8. The van der Waals surface area contributed by atoms with Gasteiger partial charge in [0.15, 0.2) is 5.69 Å². The first-order valence-electron chi connectivity index (χ1n) is 8.43. The number of nitrogens with one attached hydrogen (secondary N) is 1. The Kier molecular flexibility index (Phi) is 6.01. The van der Waals surface area contributed by atoms with Crippen LogP contribution in [0.25, 0.3) is 0 Å². The fourth-order valence-electron chi connectivity index (χ4n) is 2.91. The highest BCUT2D eigenvalue weighted by Gasteiger charge is 2.17. The molecule has 0 spiro atoms. The second-order valence-corrected chi connectivity index (χ2v) is 6.72. The third kappa shape index (κ3) is 5.26. The van der Waals surface area contributed by atoms with E-state index in [4.69, 9.17) is 11.6 Å². The zero-order chi connectivity index (χ0) is 17.6. The smallest absolute Gasteiger partial charge is 0.273 e. The number of carbonyl (C=O) groups is 1. The lowest BCUT2D eigenvalue weighted by Gasteiger charge is -2.29. The van der Waals surface area contributed by atoms with Gasteiger partial charge in [-0.1, -0.05) is 28.9 Å². The summed E-state index contributed by atoms with van der Waals surface area (Å²) in [5.74, 6) is -0.236. The SMILES string of the molecule is O=C(NCCN1CCCC(O)C1)c1cn(Cc2ccc(Cl)cc2)nn1. The average molecular weight is 364 g/mol. The van der Waals surface area contributed by atoms with Crippen molar-refractivity contribution in [3.8, 4) is 0 Å². The van der Waals surface area contributed by atoms with Gasteiger partial charge in [-0.2, -0.15) is 0 Å². The van der Waals surface area contributed by atoms with Gasteiger partial charge in [0.1, 0.15) is 0 Å². The first-order valence-corrected chi connectivity index (χ1v) is 8.81. The third-order valence-corrected chi connectivity index (χ3v) is 4.48. The summed E-state index contributed by atoms with van der Waals surface area (Å²) >= 11 is 5.87. The summed E-state index contributed by atoms with van der Waals surface area (Å²) in [6.45, 7) is 3.41. The van der Waals surface area contributed by atoms with E-state index in [-0.39, 0.29) is 12.0 Å². The van der Waals surface area contributed by atoms with E-state index in [1.165, 1.54) is 0 Å². The van der Waals surface area contributed by atoms with Gasteiger partial charge in [0.2, 0.25) is 0 Å². The topological polar surface area (TPSA) is 83.3 Å². The van der Waals surface area contributed by atoms with Gasteiger partial charge in [0.25, 0.3) is 5.91 Å². The molecule has 0 radical (unpaired) electrons. The molecule has 1 atom stereocenters. The van der Waals surface area contributed by atoms with Crippen LogP contribution in [0.15, 0.2) is 30.5 Å². The quantitative estimate of drug-likeness (QED) is 0.804. The molecule has 1 unspecified atom stereocenters. The van der Waals surface area contributed by atoms with E-state index in [0.29, 0.717) is 30.4 Å². The minimum atomic E-state index is -0.253. The minimum Gasteiger partial charge on any atom is -0.392 e. The molecule has 1 aromatic heterocycles. The zero-order valence-corrected chi connectivity index (χ0v) is 14.7. The molecule has 2 aromatic rings. The van der Waals surface area contributed by atoms with Gasteiger partial charge in [-0.25, -0.2) is 4.68 Å².